The molecule has 0 bridgehead atoms. The highest BCUT2D eigenvalue weighted by molar-refractivity contribution is 5.84. The molecule has 0 unspecified atom stereocenters. The number of carboxylic acid groups (broad SMARTS) is 1. The van der Waals surface area contributed by atoms with Crippen molar-refractivity contribution in [3.8, 4) is 5.88 Å². The lowest BCUT2D eigenvalue weighted by molar-refractivity contribution is -0.131. The molecule has 0 spiro atoms. The van der Waals surface area contributed by atoms with Crippen LogP contribution < -0.4 is 4.74 Å². The predicted octanol–water partition coefficient (Wildman–Crippen LogP) is 1.19. The minimum atomic E-state index is -0.996. The number of rotatable bonds is 3. The van der Waals surface area contributed by atoms with Crippen LogP contribution in [0, 0.1) is 0 Å². The minimum absolute atomic E-state index is 0.465. The minimum Gasteiger partial charge on any atom is -0.481 e. The van der Waals surface area contributed by atoms with Gasteiger partial charge in [0.2, 0.25) is 5.88 Å². The van der Waals surface area contributed by atoms with Crippen molar-refractivity contribution in [1.82, 2.24) is 4.98 Å². The van der Waals surface area contributed by atoms with Crippen molar-refractivity contribution in [1.29, 1.82) is 0 Å². The number of ether oxygens (including phenoxy) is 1. The Morgan fingerprint density at radius 2 is 2.38 bits per heavy atom. The van der Waals surface area contributed by atoms with Crippen molar-refractivity contribution in [3.63, 3.8) is 0 Å². The normalized spacial score (nSPS) is 10.2. The monoisotopic (exact) mass is 179 g/mol. The highest BCUT2D eigenvalue weighted by Gasteiger charge is 1.93. The summed E-state index contributed by atoms with van der Waals surface area (Å²) in [7, 11) is 1.51. The van der Waals surface area contributed by atoms with Crippen LogP contribution in [0.1, 0.15) is 5.69 Å². The Morgan fingerprint density at radius 3 is 3.00 bits per heavy atom. The van der Waals surface area contributed by atoms with Gasteiger partial charge in [-0.3, -0.25) is 0 Å². The Bertz CT molecular complexity index is 333. The van der Waals surface area contributed by atoms with E-state index < -0.39 is 5.97 Å². The maximum atomic E-state index is 10.2. The van der Waals surface area contributed by atoms with Crippen LogP contribution in [0.2, 0.25) is 0 Å². The van der Waals surface area contributed by atoms with Crippen molar-refractivity contribution in [2.75, 3.05) is 7.11 Å². The Morgan fingerprint density at radius 1 is 1.62 bits per heavy atom. The number of nitrogens with zero attached hydrogens (tertiary/aromatic N) is 1. The van der Waals surface area contributed by atoms with Crippen LogP contribution in [0.3, 0.4) is 0 Å². The van der Waals surface area contributed by atoms with E-state index >= 15 is 0 Å². The Kier molecular flexibility index (Phi) is 3.03. The first-order chi connectivity index (χ1) is 6.22. The number of aliphatic carboxylic acids is 1. The van der Waals surface area contributed by atoms with E-state index in [1.807, 2.05) is 0 Å². The topological polar surface area (TPSA) is 59.4 Å². The zero-order valence-electron chi connectivity index (χ0n) is 7.10. The Balaban J connectivity index is 2.83. The van der Waals surface area contributed by atoms with Crippen LogP contribution in [0.15, 0.2) is 24.3 Å². The molecule has 1 rings (SSSR count). The molecule has 1 aromatic rings. The van der Waals surface area contributed by atoms with Crippen molar-refractivity contribution >= 4 is 12.0 Å². The summed E-state index contributed by atoms with van der Waals surface area (Å²) in [4.78, 5) is 14.2. The number of pyridine rings is 1. The van der Waals surface area contributed by atoms with E-state index in [2.05, 4.69) is 4.98 Å². The van der Waals surface area contributed by atoms with Gasteiger partial charge in [0.15, 0.2) is 0 Å². The lowest BCUT2D eigenvalue weighted by atomic mass is 10.3. The van der Waals surface area contributed by atoms with Gasteiger partial charge in [-0.2, -0.15) is 0 Å². The van der Waals surface area contributed by atoms with Gasteiger partial charge in [0.1, 0.15) is 0 Å². The van der Waals surface area contributed by atoms with Crippen LogP contribution in [-0.4, -0.2) is 23.2 Å². The van der Waals surface area contributed by atoms with Gasteiger partial charge in [0.05, 0.1) is 12.8 Å². The zero-order valence-corrected chi connectivity index (χ0v) is 7.10. The third-order valence-corrected chi connectivity index (χ3v) is 1.35. The molecule has 4 nitrogen and oxygen atoms in total. The summed E-state index contributed by atoms with van der Waals surface area (Å²) in [5.41, 5.74) is 0.557. The summed E-state index contributed by atoms with van der Waals surface area (Å²) in [5.74, 6) is -0.530. The van der Waals surface area contributed by atoms with E-state index in [9.17, 15) is 4.79 Å². The zero-order chi connectivity index (χ0) is 9.68. The number of hydrogen-bond acceptors (Lipinski definition) is 3. The highest BCUT2D eigenvalue weighted by Crippen LogP contribution is 2.07. The van der Waals surface area contributed by atoms with Gasteiger partial charge in [0.25, 0.3) is 0 Å². The summed E-state index contributed by atoms with van der Waals surface area (Å²) in [6, 6.07) is 5.13. The molecule has 13 heavy (non-hydrogen) atoms. The molecule has 0 saturated carbocycles. The van der Waals surface area contributed by atoms with Crippen LogP contribution >= 0.6 is 0 Å². The summed E-state index contributed by atoms with van der Waals surface area (Å²) in [6.45, 7) is 0. The van der Waals surface area contributed by atoms with Crippen molar-refractivity contribution in [2.24, 2.45) is 0 Å². The van der Waals surface area contributed by atoms with E-state index in [1.165, 1.54) is 13.2 Å². The van der Waals surface area contributed by atoms with Gasteiger partial charge >= 0.3 is 5.97 Å². The van der Waals surface area contributed by atoms with E-state index in [-0.39, 0.29) is 0 Å². The standard InChI is InChI=1S/C9H9NO3/c1-13-8-4-2-3-7(10-8)5-6-9(11)12/h2-6H,1H3,(H,11,12)/b6-5+. The molecule has 0 amide bonds. The van der Waals surface area contributed by atoms with Crippen LogP contribution in [0.4, 0.5) is 0 Å². The van der Waals surface area contributed by atoms with Crippen LogP contribution in [0.25, 0.3) is 6.08 Å². The molecule has 0 atom stereocenters. The van der Waals surface area contributed by atoms with Gasteiger partial charge in [-0.05, 0) is 12.1 Å². The summed E-state index contributed by atoms with van der Waals surface area (Å²) in [5, 5.41) is 8.36. The molecule has 0 aromatic carbocycles. The summed E-state index contributed by atoms with van der Waals surface area (Å²) in [6.07, 6.45) is 2.44. The lowest BCUT2D eigenvalue weighted by Crippen LogP contribution is -1.90. The molecule has 0 aliphatic carbocycles. The maximum absolute atomic E-state index is 10.2. The molecular weight excluding hydrogens is 170 g/mol. The molecular formula is C9H9NO3. The number of hydrogen-bond donors (Lipinski definition) is 1. The fourth-order valence-electron chi connectivity index (χ4n) is 0.794. The van der Waals surface area contributed by atoms with Crippen molar-refractivity contribution in [2.45, 2.75) is 0 Å². The number of aromatic nitrogens is 1. The van der Waals surface area contributed by atoms with Crippen LogP contribution in [0.5, 0.6) is 5.88 Å². The molecule has 0 fully saturated rings. The molecule has 0 radical (unpaired) electrons. The fourth-order valence-corrected chi connectivity index (χ4v) is 0.794. The lowest BCUT2D eigenvalue weighted by Gasteiger charge is -1.97. The summed E-state index contributed by atoms with van der Waals surface area (Å²) >= 11 is 0. The van der Waals surface area contributed by atoms with Gasteiger partial charge < -0.3 is 9.84 Å². The third-order valence-electron chi connectivity index (χ3n) is 1.35. The predicted molar refractivity (Wildman–Crippen MR) is 47.5 cm³/mol. The van der Waals surface area contributed by atoms with Gasteiger partial charge in [0, 0.05) is 12.1 Å². The Labute approximate surface area is 75.5 Å². The SMILES string of the molecule is COc1cccc(/C=C/C(=O)O)n1. The Hall–Kier alpha value is -1.84. The molecule has 1 aromatic heterocycles. The molecule has 0 aliphatic rings. The fraction of sp³-hybridized carbons (Fsp3) is 0.111. The van der Waals surface area contributed by atoms with Gasteiger partial charge in [-0.25, -0.2) is 9.78 Å². The maximum Gasteiger partial charge on any atom is 0.328 e. The second-order valence-corrected chi connectivity index (χ2v) is 2.28. The van der Waals surface area contributed by atoms with E-state index in [0.29, 0.717) is 11.6 Å². The molecule has 0 aliphatic heterocycles. The van der Waals surface area contributed by atoms with E-state index in [0.717, 1.165) is 6.08 Å². The largest absolute Gasteiger partial charge is 0.481 e. The molecule has 4 heteroatoms. The van der Waals surface area contributed by atoms with E-state index in [1.54, 1.807) is 18.2 Å². The average Bonchev–Trinajstić information content (AvgIpc) is 2.15. The average molecular weight is 179 g/mol. The van der Waals surface area contributed by atoms with E-state index in [4.69, 9.17) is 9.84 Å². The number of methoxy groups -OCH3 is 1. The molecule has 68 valence electrons. The second kappa shape index (κ2) is 4.25. The van der Waals surface area contributed by atoms with Crippen LogP contribution in [-0.2, 0) is 4.79 Å². The van der Waals surface area contributed by atoms with Gasteiger partial charge in [-0.1, -0.05) is 6.07 Å². The first kappa shape index (κ1) is 9.25. The second-order valence-electron chi connectivity index (χ2n) is 2.28. The molecule has 1 N–H and O–H groups in total. The van der Waals surface area contributed by atoms with Crippen molar-refractivity contribution in [3.05, 3.63) is 30.0 Å². The third kappa shape index (κ3) is 2.94. The quantitative estimate of drug-likeness (QED) is 0.708. The molecule has 1 heterocycles. The smallest absolute Gasteiger partial charge is 0.328 e. The van der Waals surface area contributed by atoms with Gasteiger partial charge in [-0.15, -0.1) is 0 Å². The first-order valence-corrected chi connectivity index (χ1v) is 3.64. The van der Waals surface area contributed by atoms with Crippen molar-refractivity contribution < 1.29 is 14.6 Å². The highest BCUT2D eigenvalue weighted by atomic mass is 16.5. The summed E-state index contributed by atoms with van der Waals surface area (Å²) < 4.78 is 4.87. The first-order valence-electron chi connectivity index (χ1n) is 3.64. The number of carboxylic acids is 1. The molecule has 0 saturated heterocycles. The number of carbonyl (C=O) groups is 1.